The molecule has 3 aromatic rings. The Bertz CT molecular complexity index is 1180. The molecule has 3 N–H and O–H groups in total. The SMILES string of the molecule is CCc1cc2c([nH]1)CCCC2C(=O)n1nc2c(c1N)CN(C(=O)OCc1ccccc1)CC2. The number of anilines is 1. The largest absolute Gasteiger partial charge is 0.445 e. The lowest BCUT2D eigenvalue weighted by Gasteiger charge is -2.25. The van der Waals surface area contributed by atoms with Gasteiger partial charge in [-0.1, -0.05) is 37.3 Å². The average molecular weight is 448 g/mol. The molecule has 0 fully saturated rings. The molecule has 33 heavy (non-hydrogen) atoms. The van der Waals surface area contributed by atoms with E-state index in [2.05, 4.69) is 23.1 Å². The normalized spacial score (nSPS) is 17.4. The van der Waals surface area contributed by atoms with Crippen LogP contribution in [0, 0.1) is 0 Å². The Balaban J connectivity index is 1.31. The quantitative estimate of drug-likeness (QED) is 0.633. The van der Waals surface area contributed by atoms with Gasteiger partial charge in [-0.2, -0.15) is 9.78 Å². The van der Waals surface area contributed by atoms with E-state index in [1.165, 1.54) is 4.68 Å². The molecule has 3 heterocycles. The molecule has 5 rings (SSSR count). The maximum absolute atomic E-state index is 13.5. The van der Waals surface area contributed by atoms with Crippen LogP contribution < -0.4 is 5.73 Å². The van der Waals surface area contributed by atoms with E-state index in [-0.39, 0.29) is 24.5 Å². The zero-order valence-electron chi connectivity index (χ0n) is 18.8. The molecule has 0 radical (unpaired) electrons. The fourth-order valence-corrected chi connectivity index (χ4v) is 4.86. The zero-order chi connectivity index (χ0) is 22.9. The number of aromatic amines is 1. The second kappa shape index (κ2) is 8.77. The molecular weight excluding hydrogens is 418 g/mol. The molecule has 2 aliphatic rings. The molecule has 0 saturated carbocycles. The van der Waals surface area contributed by atoms with Gasteiger partial charge in [0.15, 0.2) is 0 Å². The van der Waals surface area contributed by atoms with Gasteiger partial charge in [0.2, 0.25) is 0 Å². The van der Waals surface area contributed by atoms with Crippen molar-refractivity contribution in [2.75, 3.05) is 12.3 Å². The van der Waals surface area contributed by atoms with E-state index >= 15 is 0 Å². The highest BCUT2D eigenvalue weighted by molar-refractivity contribution is 5.88. The molecule has 8 heteroatoms. The molecule has 1 aromatic carbocycles. The van der Waals surface area contributed by atoms with Gasteiger partial charge < -0.3 is 20.4 Å². The number of hydrogen-bond acceptors (Lipinski definition) is 5. The first-order chi connectivity index (χ1) is 16.0. The number of carbonyl (C=O) groups excluding carboxylic acids is 2. The van der Waals surface area contributed by atoms with Crippen molar-refractivity contribution in [3.8, 4) is 0 Å². The van der Waals surface area contributed by atoms with Crippen LogP contribution in [-0.4, -0.2) is 38.2 Å². The minimum Gasteiger partial charge on any atom is -0.445 e. The Morgan fingerprint density at radius 3 is 2.85 bits per heavy atom. The first kappa shape index (κ1) is 21.3. The Hall–Kier alpha value is -3.55. The molecule has 2 aromatic heterocycles. The van der Waals surface area contributed by atoms with Gasteiger partial charge in [0.05, 0.1) is 18.2 Å². The minimum atomic E-state index is -0.390. The van der Waals surface area contributed by atoms with Crippen LogP contribution in [0.3, 0.4) is 0 Å². The predicted octanol–water partition coefficient (Wildman–Crippen LogP) is 3.81. The minimum absolute atomic E-state index is 0.0947. The monoisotopic (exact) mass is 447 g/mol. The summed E-state index contributed by atoms with van der Waals surface area (Å²) in [5.74, 6) is -0.0162. The maximum Gasteiger partial charge on any atom is 0.410 e. The highest BCUT2D eigenvalue weighted by Gasteiger charge is 2.34. The first-order valence-electron chi connectivity index (χ1n) is 11.6. The molecule has 0 spiro atoms. The molecule has 1 aliphatic heterocycles. The van der Waals surface area contributed by atoms with E-state index in [0.29, 0.717) is 25.3 Å². The van der Waals surface area contributed by atoms with Gasteiger partial charge in [0, 0.05) is 29.9 Å². The number of fused-ring (bicyclic) bond motifs is 2. The number of ether oxygens (including phenoxy) is 1. The van der Waals surface area contributed by atoms with Crippen LogP contribution >= 0.6 is 0 Å². The summed E-state index contributed by atoms with van der Waals surface area (Å²) in [6, 6.07) is 11.7. The smallest absolute Gasteiger partial charge is 0.410 e. The fraction of sp³-hybridized carbons (Fsp3) is 0.400. The van der Waals surface area contributed by atoms with Crippen molar-refractivity contribution >= 4 is 17.8 Å². The third-order valence-corrected chi connectivity index (χ3v) is 6.71. The lowest BCUT2D eigenvalue weighted by molar-refractivity contribution is 0.0853. The Kier molecular flexibility index (Phi) is 5.66. The second-order valence-electron chi connectivity index (χ2n) is 8.80. The summed E-state index contributed by atoms with van der Waals surface area (Å²) < 4.78 is 6.84. The van der Waals surface area contributed by atoms with Crippen LogP contribution in [0.15, 0.2) is 36.4 Å². The van der Waals surface area contributed by atoms with Gasteiger partial charge in [-0.3, -0.25) is 4.79 Å². The number of nitrogens with two attached hydrogens (primary N) is 1. The van der Waals surface area contributed by atoms with Crippen molar-refractivity contribution in [2.45, 2.75) is 58.1 Å². The van der Waals surface area contributed by atoms with E-state index in [0.717, 1.165) is 59.5 Å². The van der Waals surface area contributed by atoms with Crippen molar-refractivity contribution in [3.05, 3.63) is 70.2 Å². The van der Waals surface area contributed by atoms with E-state index in [9.17, 15) is 9.59 Å². The number of aryl methyl sites for hydroxylation is 2. The van der Waals surface area contributed by atoms with Crippen molar-refractivity contribution in [2.24, 2.45) is 0 Å². The Labute approximate surface area is 192 Å². The molecule has 1 atom stereocenters. The van der Waals surface area contributed by atoms with Gasteiger partial charge in [-0.25, -0.2) is 4.79 Å². The molecule has 172 valence electrons. The molecule has 0 saturated heterocycles. The summed E-state index contributed by atoms with van der Waals surface area (Å²) in [6.07, 6.45) is 3.76. The number of hydrogen-bond donors (Lipinski definition) is 2. The number of rotatable bonds is 4. The van der Waals surface area contributed by atoms with Gasteiger partial charge in [0.1, 0.15) is 12.4 Å². The summed E-state index contributed by atoms with van der Waals surface area (Å²) in [7, 11) is 0. The van der Waals surface area contributed by atoms with E-state index in [1.54, 1.807) is 4.90 Å². The summed E-state index contributed by atoms with van der Waals surface area (Å²) >= 11 is 0. The fourth-order valence-electron chi connectivity index (χ4n) is 4.86. The highest BCUT2D eigenvalue weighted by Crippen LogP contribution is 2.35. The topological polar surface area (TPSA) is 106 Å². The van der Waals surface area contributed by atoms with Gasteiger partial charge >= 0.3 is 6.09 Å². The predicted molar refractivity (Wildman–Crippen MR) is 124 cm³/mol. The number of H-pyrrole nitrogens is 1. The second-order valence-corrected chi connectivity index (χ2v) is 8.80. The molecule has 1 unspecified atom stereocenters. The number of nitrogens with zero attached hydrogens (tertiary/aromatic N) is 3. The van der Waals surface area contributed by atoms with Crippen molar-refractivity contribution in [1.29, 1.82) is 0 Å². The number of nitrogen functional groups attached to an aromatic ring is 1. The van der Waals surface area contributed by atoms with Crippen molar-refractivity contribution in [1.82, 2.24) is 19.7 Å². The summed E-state index contributed by atoms with van der Waals surface area (Å²) in [5, 5.41) is 4.57. The van der Waals surface area contributed by atoms with Crippen LogP contribution in [0.25, 0.3) is 0 Å². The summed E-state index contributed by atoms with van der Waals surface area (Å²) in [5.41, 5.74) is 12.2. The molecule has 8 nitrogen and oxygen atoms in total. The standard InChI is InChI=1S/C25H29N5O3/c1-2-17-13-19-18(9-6-10-21(19)27-17)24(31)30-23(26)20-14-29(12-11-22(20)28-30)25(32)33-15-16-7-4-3-5-8-16/h3-5,7-8,13,18,27H,2,6,9-12,14-15,26H2,1H3. The molecule has 1 amide bonds. The first-order valence-corrected chi connectivity index (χ1v) is 11.6. The van der Waals surface area contributed by atoms with Crippen LogP contribution in [-0.2, 0) is 37.2 Å². The van der Waals surface area contributed by atoms with E-state index < -0.39 is 0 Å². The number of benzene rings is 1. The number of carbonyl (C=O) groups is 2. The Morgan fingerprint density at radius 2 is 2.06 bits per heavy atom. The van der Waals surface area contributed by atoms with Crippen molar-refractivity contribution in [3.63, 3.8) is 0 Å². The number of amides is 1. The maximum atomic E-state index is 13.5. The highest BCUT2D eigenvalue weighted by atomic mass is 16.6. The van der Waals surface area contributed by atoms with Crippen LogP contribution in [0.5, 0.6) is 0 Å². The Morgan fingerprint density at radius 1 is 1.24 bits per heavy atom. The van der Waals surface area contributed by atoms with Crippen LogP contribution in [0.1, 0.15) is 64.2 Å². The van der Waals surface area contributed by atoms with Crippen LogP contribution in [0.4, 0.5) is 10.6 Å². The lowest BCUT2D eigenvalue weighted by atomic mass is 9.86. The number of aromatic nitrogens is 3. The molecule has 1 aliphatic carbocycles. The third-order valence-electron chi connectivity index (χ3n) is 6.71. The van der Waals surface area contributed by atoms with Crippen LogP contribution in [0.2, 0.25) is 0 Å². The average Bonchev–Trinajstić information content (AvgIpc) is 3.43. The van der Waals surface area contributed by atoms with Crippen molar-refractivity contribution < 1.29 is 14.3 Å². The van der Waals surface area contributed by atoms with Gasteiger partial charge in [-0.05, 0) is 42.9 Å². The van der Waals surface area contributed by atoms with E-state index in [4.69, 9.17) is 10.5 Å². The number of nitrogens with one attached hydrogen (secondary N) is 1. The van der Waals surface area contributed by atoms with E-state index in [1.807, 2.05) is 30.3 Å². The lowest BCUT2D eigenvalue weighted by Crippen LogP contribution is -2.36. The molecular formula is C25H29N5O3. The third kappa shape index (κ3) is 4.01. The van der Waals surface area contributed by atoms with Gasteiger partial charge in [-0.15, -0.1) is 0 Å². The zero-order valence-corrected chi connectivity index (χ0v) is 18.8. The summed E-state index contributed by atoms with van der Waals surface area (Å²) in [4.78, 5) is 31.2. The summed E-state index contributed by atoms with van der Waals surface area (Å²) in [6.45, 7) is 3.10. The molecule has 0 bridgehead atoms. The van der Waals surface area contributed by atoms with Gasteiger partial charge in [0.25, 0.3) is 5.91 Å².